The van der Waals surface area contributed by atoms with Crippen LogP contribution >= 0.6 is 11.3 Å². The van der Waals surface area contributed by atoms with Gasteiger partial charge in [-0.05, 0) is 38.8 Å². The van der Waals surface area contributed by atoms with Crippen molar-refractivity contribution in [2.45, 2.75) is 27.7 Å². The second kappa shape index (κ2) is 3.20. The number of nitrogens with zero attached hydrogens (tertiary/aromatic N) is 3. The van der Waals surface area contributed by atoms with Gasteiger partial charge in [0.25, 0.3) is 0 Å². The Morgan fingerprint density at radius 3 is 2.29 bits per heavy atom. The predicted molar refractivity (Wildman–Crippen MR) is 58.2 cm³/mol. The highest BCUT2D eigenvalue weighted by Gasteiger charge is 2.11. The molecule has 3 nitrogen and oxygen atoms in total. The lowest BCUT2D eigenvalue weighted by atomic mass is 10.2. The maximum absolute atomic E-state index is 3.99. The fourth-order valence-corrected chi connectivity index (χ4v) is 2.62. The van der Waals surface area contributed by atoms with Crippen molar-refractivity contribution in [2.75, 3.05) is 0 Å². The summed E-state index contributed by atoms with van der Waals surface area (Å²) in [7, 11) is 0. The van der Waals surface area contributed by atoms with Crippen LogP contribution in [0.25, 0.3) is 5.00 Å². The van der Waals surface area contributed by atoms with Crippen molar-refractivity contribution in [3.8, 4) is 5.00 Å². The normalized spacial score (nSPS) is 10.9. The molecule has 0 amide bonds. The summed E-state index contributed by atoms with van der Waals surface area (Å²) in [6.07, 6.45) is 1.77. The fourth-order valence-electron chi connectivity index (χ4n) is 1.44. The third kappa shape index (κ3) is 1.26. The van der Waals surface area contributed by atoms with E-state index in [0.717, 1.165) is 5.82 Å². The number of hydrogen-bond donors (Lipinski definition) is 0. The number of thiophene rings is 1. The van der Waals surface area contributed by atoms with Crippen LogP contribution in [0.2, 0.25) is 0 Å². The van der Waals surface area contributed by atoms with E-state index < -0.39 is 0 Å². The second-order valence-electron chi connectivity index (χ2n) is 3.46. The molecule has 0 aliphatic rings. The minimum Gasteiger partial charge on any atom is -0.276 e. The molecule has 0 aliphatic carbocycles. The van der Waals surface area contributed by atoms with E-state index in [1.165, 1.54) is 21.0 Å². The van der Waals surface area contributed by atoms with Crippen LogP contribution in [0.5, 0.6) is 0 Å². The zero-order valence-electron chi connectivity index (χ0n) is 8.83. The summed E-state index contributed by atoms with van der Waals surface area (Å²) in [5.41, 5.74) is 2.70. The Labute approximate surface area is 87.4 Å². The van der Waals surface area contributed by atoms with E-state index >= 15 is 0 Å². The van der Waals surface area contributed by atoms with Gasteiger partial charge in [-0.2, -0.15) is 0 Å². The molecule has 0 bridgehead atoms. The molecule has 0 saturated heterocycles. The Balaban J connectivity index is 2.63. The van der Waals surface area contributed by atoms with E-state index in [1.54, 1.807) is 17.7 Å². The quantitative estimate of drug-likeness (QED) is 0.719. The second-order valence-corrected chi connectivity index (χ2v) is 4.66. The molecule has 0 fully saturated rings. The van der Waals surface area contributed by atoms with E-state index in [1.807, 2.05) is 11.5 Å². The summed E-state index contributed by atoms with van der Waals surface area (Å²) >= 11 is 1.80. The van der Waals surface area contributed by atoms with Crippen molar-refractivity contribution in [1.82, 2.24) is 14.8 Å². The zero-order chi connectivity index (χ0) is 10.3. The maximum atomic E-state index is 3.99. The van der Waals surface area contributed by atoms with Gasteiger partial charge in [0.2, 0.25) is 0 Å². The summed E-state index contributed by atoms with van der Waals surface area (Å²) in [4.78, 5) is 1.37. The number of aryl methyl sites for hydroxylation is 2. The molecule has 0 aromatic carbocycles. The van der Waals surface area contributed by atoms with Gasteiger partial charge in [-0.1, -0.05) is 0 Å². The van der Waals surface area contributed by atoms with Crippen LogP contribution in [0.1, 0.15) is 21.8 Å². The van der Waals surface area contributed by atoms with Crippen molar-refractivity contribution < 1.29 is 0 Å². The smallest absolute Gasteiger partial charge is 0.134 e. The minimum absolute atomic E-state index is 0.939. The molecule has 0 atom stereocenters. The SMILES string of the molecule is Cc1sc(-n2cnnc2C)c(C)c1C. The van der Waals surface area contributed by atoms with Crippen molar-refractivity contribution in [3.05, 3.63) is 28.2 Å². The van der Waals surface area contributed by atoms with Gasteiger partial charge in [-0.3, -0.25) is 4.57 Å². The van der Waals surface area contributed by atoms with E-state index in [-0.39, 0.29) is 0 Å². The maximum Gasteiger partial charge on any atom is 0.134 e. The van der Waals surface area contributed by atoms with Gasteiger partial charge in [-0.25, -0.2) is 0 Å². The molecule has 2 aromatic rings. The molecule has 0 radical (unpaired) electrons. The summed E-state index contributed by atoms with van der Waals surface area (Å²) in [6.45, 7) is 8.42. The van der Waals surface area contributed by atoms with Gasteiger partial charge in [0, 0.05) is 4.88 Å². The van der Waals surface area contributed by atoms with Gasteiger partial charge < -0.3 is 0 Å². The fraction of sp³-hybridized carbons (Fsp3) is 0.400. The van der Waals surface area contributed by atoms with Crippen LogP contribution in [-0.4, -0.2) is 14.8 Å². The van der Waals surface area contributed by atoms with Gasteiger partial charge in [0.05, 0.1) is 0 Å². The highest BCUT2D eigenvalue weighted by Crippen LogP contribution is 2.30. The van der Waals surface area contributed by atoms with Crippen molar-refractivity contribution in [3.63, 3.8) is 0 Å². The first-order valence-electron chi connectivity index (χ1n) is 4.55. The molecule has 2 rings (SSSR count). The Bertz CT molecular complexity index is 468. The average Bonchev–Trinajstić information content (AvgIpc) is 2.66. The van der Waals surface area contributed by atoms with Crippen LogP contribution in [0.3, 0.4) is 0 Å². The molecule has 2 aromatic heterocycles. The highest BCUT2D eigenvalue weighted by molar-refractivity contribution is 7.14. The molecule has 14 heavy (non-hydrogen) atoms. The van der Waals surface area contributed by atoms with Gasteiger partial charge >= 0.3 is 0 Å². The van der Waals surface area contributed by atoms with Crippen LogP contribution in [-0.2, 0) is 0 Å². The van der Waals surface area contributed by atoms with Crippen LogP contribution in [0.15, 0.2) is 6.33 Å². The first-order valence-corrected chi connectivity index (χ1v) is 5.36. The summed E-state index contributed by atoms with van der Waals surface area (Å²) in [6, 6.07) is 0. The molecule has 0 spiro atoms. The van der Waals surface area contributed by atoms with Crippen molar-refractivity contribution in [1.29, 1.82) is 0 Å². The lowest BCUT2D eigenvalue weighted by molar-refractivity contribution is 0.976. The molecule has 0 saturated carbocycles. The van der Waals surface area contributed by atoms with Gasteiger partial charge in [-0.15, -0.1) is 21.5 Å². The molecule has 74 valence electrons. The van der Waals surface area contributed by atoms with Crippen molar-refractivity contribution >= 4 is 11.3 Å². The van der Waals surface area contributed by atoms with Crippen LogP contribution < -0.4 is 0 Å². The molecule has 0 unspecified atom stereocenters. The topological polar surface area (TPSA) is 30.7 Å². The summed E-state index contributed by atoms with van der Waals surface area (Å²) in [5.74, 6) is 0.939. The first-order chi connectivity index (χ1) is 6.61. The molecular weight excluding hydrogens is 194 g/mol. The predicted octanol–water partition coefficient (Wildman–Crippen LogP) is 2.56. The molecule has 0 N–H and O–H groups in total. The van der Waals surface area contributed by atoms with E-state index in [9.17, 15) is 0 Å². The Morgan fingerprint density at radius 1 is 1.14 bits per heavy atom. The highest BCUT2D eigenvalue weighted by atomic mass is 32.1. The molecule has 0 aliphatic heterocycles. The molecular formula is C10H13N3S. The minimum atomic E-state index is 0.939. The summed E-state index contributed by atoms with van der Waals surface area (Å²) in [5, 5.41) is 9.13. The van der Waals surface area contributed by atoms with Crippen LogP contribution in [0, 0.1) is 27.7 Å². The van der Waals surface area contributed by atoms with Crippen molar-refractivity contribution in [2.24, 2.45) is 0 Å². The molecule has 2 heterocycles. The lowest BCUT2D eigenvalue weighted by Crippen LogP contribution is -1.94. The largest absolute Gasteiger partial charge is 0.276 e. The summed E-state index contributed by atoms with van der Waals surface area (Å²) < 4.78 is 2.04. The number of hydrogen-bond acceptors (Lipinski definition) is 3. The monoisotopic (exact) mass is 207 g/mol. The Kier molecular flexibility index (Phi) is 2.15. The van der Waals surface area contributed by atoms with Gasteiger partial charge in [0.15, 0.2) is 0 Å². The number of rotatable bonds is 1. The molecule has 4 heteroatoms. The average molecular weight is 207 g/mol. The van der Waals surface area contributed by atoms with Crippen LogP contribution in [0.4, 0.5) is 0 Å². The van der Waals surface area contributed by atoms with E-state index in [4.69, 9.17) is 0 Å². The zero-order valence-corrected chi connectivity index (χ0v) is 9.64. The van der Waals surface area contributed by atoms with E-state index in [2.05, 4.69) is 31.0 Å². The Hall–Kier alpha value is -1.16. The van der Waals surface area contributed by atoms with E-state index in [0.29, 0.717) is 0 Å². The lowest BCUT2D eigenvalue weighted by Gasteiger charge is -2.01. The third-order valence-electron chi connectivity index (χ3n) is 2.60. The first kappa shape index (κ1) is 9.40. The Morgan fingerprint density at radius 2 is 1.86 bits per heavy atom. The third-order valence-corrected chi connectivity index (χ3v) is 3.91. The standard InChI is InChI=1S/C10H13N3S/c1-6-7(2)10(14-8(6)3)13-5-11-12-9(13)4/h5H,1-4H3. The number of aromatic nitrogens is 3. The van der Waals surface area contributed by atoms with Gasteiger partial charge in [0.1, 0.15) is 17.2 Å².